The quantitative estimate of drug-likeness (QED) is 0.0637. The molecule has 0 radical (unpaired) electrons. The van der Waals surface area contributed by atoms with Crippen molar-refractivity contribution in [2.45, 2.75) is 67.4 Å². The van der Waals surface area contributed by atoms with Crippen molar-refractivity contribution in [2.75, 3.05) is 12.5 Å². The number of azide groups is 1. The number of ether oxygens (including phenoxy) is 3. The Morgan fingerprint density at radius 3 is 1.95 bits per heavy atom. The lowest BCUT2D eigenvalue weighted by Crippen LogP contribution is -2.68. The van der Waals surface area contributed by atoms with E-state index in [4.69, 9.17) is 30.2 Å². The van der Waals surface area contributed by atoms with Gasteiger partial charge in [0.05, 0.1) is 6.61 Å². The van der Waals surface area contributed by atoms with Crippen LogP contribution in [0.25, 0.3) is 10.4 Å². The number of carbonyl (C=O) groups is 2. The molecule has 3 aromatic carbocycles. The number of rotatable bonds is 11. The molecule has 0 aromatic heterocycles. The first-order valence-corrected chi connectivity index (χ1v) is 17.5. The molecule has 0 unspecified atom stereocenters. The third kappa shape index (κ3) is 7.66. The van der Waals surface area contributed by atoms with Gasteiger partial charge in [0.15, 0.2) is 12.2 Å². The highest BCUT2D eigenvalue weighted by Crippen LogP contribution is 2.40. The molecule has 232 valence electrons. The molecule has 0 amide bonds. The molecule has 0 aliphatic carbocycles. The van der Waals surface area contributed by atoms with Gasteiger partial charge in [0.25, 0.3) is 8.32 Å². The molecule has 0 bridgehead atoms. The van der Waals surface area contributed by atoms with Crippen LogP contribution in [0.2, 0.25) is 5.04 Å². The Labute approximate surface area is 267 Å². The second kappa shape index (κ2) is 15.1. The van der Waals surface area contributed by atoms with Crippen LogP contribution in [0.5, 0.6) is 0 Å². The largest absolute Gasteiger partial charge is 0.457 e. The molecule has 1 saturated heterocycles. The summed E-state index contributed by atoms with van der Waals surface area (Å²) in [6.07, 6.45) is -3.20. The Bertz CT molecular complexity index is 1400. The minimum Gasteiger partial charge on any atom is -0.457 e. The smallest absolute Gasteiger partial charge is 0.321 e. The number of hydrogen-bond donors (Lipinski definition) is 0. The minimum atomic E-state index is -3.03. The molecule has 12 heteroatoms. The SMILES string of the molecule is CC(=O)O[C@@H]1[C@H](OC(=O)CCl)[C@@H](N=[N+]=[N-])[C@H](Sc2ccccc2)O[C@@H]1CO[Si](c1ccccc1)(c1ccccc1)C(C)(C)C. The maximum atomic E-state index is 12.6. The van der Waals surface area contributed by atoms with Crippen LogP contribution in [0.3, 0.4) is 0 Å². The van der Waals surface area contributed by atoms with Crippen molar-refractivity contribution in [2.24, 2.45) is 5.11 Å². The minimum absolute atomic E-state index is 0.00497. The second-order valence-corrected chi connectivity index (χ2v) is 17.1. The van der Waals surface area contributed by atoms with E-state index in [0.717, 1.165) is 15.3 Å². The Kier molecular flexibility index (Phi) is 11.5. The van der Waals surface area contributed by atoms with Gasteiger partial charge in [-0.1, -0.05) is 117 Å². The first-order valence-electron chi connectivity index (χ1n) is 14.2. The van der Waals surface area contributed by atoms with E-state index in [-0.39, 0.29) is 11.6 Å². The van der Waals surface area contributed by atoms with Crippen molar-refractivity contribution >= 4 is 54.0 Å². The Hall–Kier alpha value is -3.31. The van der Waals surface area contributed by atoms with Gasteiger partial charge in [-0.25, -0.2) is 0 Å². The third-order valence-electron chi connectivity index (χ3n) is 7.35. The van der Waals surface area contributed by atoms with E-state index in [0.29, 0.717) is 0 Å². The Balaban J connectivity index is 1.81. The summed E-state index contributed by atoms with van der Waals surface area (Å²) in [5.41, 5.74) is 8.69. The fourth-order valence-electron chi connectivity index (χ4n) is 5.56. The highest BCUT2D eigenvalue weighted by Gasteiger charge is 2.54. The number of hydrogen-bond acceptors (Lipinski definition) is 8. The summed E-state index contributed by atoms with van der Waals surface area (Å²) >= 11 is 7.13. The zero-order chi connectivity index (χ0) is 31.7. The van der Waals surface area contributed by atoms with Gasteiger partial charge < -0.3 is 18.6 Å². The van der Waals surface area contributed by atoms with E-state index < -0.39 is 55.9 Å². The average molecular weight is 654 g/mol. The average Bonchev–Trinajstić information content (AvgIpc) is 3.01. The zero-order valence-corrected chi connectivity index (χ0v) is 27.6. The van der Waals surface area contributed by atoms with E-state index in [2.05, 4.69) is 55.1 Å². The van der Waals surface area contributed by atoms with Gasteiger partial charge in [0.1, 0.15) is 23.5 Å². The van der Waals surface area contributed by atoms with Gasteiger partial charge >= 0.3 is 11.9 Å². The van der Waals surface area contributed by atoms with Gasteiger partial charge in [-0.05, 0) is 33.1 Å². The number of benzene rings is 3. The molecular formula is C32H36ClN3O6SSi. The number of thioether (sulfide) groups is 1. The fraction of sp³-hybridized carbons (Fsp3) is 0.375. The van der Waals surface area contributed by atoms with Crippen LogP contribution in [-0.4, -0.2) is 62.5 Å². The highest BCUT2D eigenvalue weighted by molar-refractivity contribution is 7.99. The van der Waals surface area contributed by atoms with Crippen LogP contribution in [0.4, 0.5) is 0 Å². The number of alkyl halides is 1. The molecule has 0 N–H and O–H groups in total. The van der Waals surface area contributed by atoms with Crippen molar-refractivity contribution in [1.82, 2.24) is 0 Å². The van der Waals surface area contributed by atoms with Gasteiger partial charge in [-0.2, -0.15) is 0 Å². The van der Waals surface area contributed by atoms with Gasteiger partial charge in [-0.15, -0.1) is 11.6 Å². The standard InChI is InChI=1S/C32H36ClN3O6SSi/c1-22(37)40-29-26(21-39-44(32(2,3)4,24-16-10-6-11-17-24)25-18-12-7-13-19-25)41-31(43-23-14-8-5-9-15-23)28(35-36-34)30(29)42-27(38)20-33/h5-19,26,28-31H,20-21H2,1-4H3/t26-,28-,29+,30-,31+/m1/s1. The fourth-order valence-corrected chi connectivity index (χ4v) is 11.3. The molecule has 4 rings (SSSR count). The number of halogens is 1. The first-order chi connectivity index (χ1) is 21.1. The molecule has 44 heavy (non-hydrogen) atoms. The Morgan fingerprint density at radius 2 is 1.48 bits per heavy atom. The molecule has 1 aliphatic rings. The maximum Gasteiger partial charge on any atom is 0.321 e. The molecule has 0 saturated carbocycles. The summed E-state index contributed by atoms with van der Waals surface area (Å²) in [5, 5.41) is 5.74. The number of esters is 2. The highest BCUT2D eigenvalue weighted by atomic mass is 35.5. The van der Waals surface area contributed by atoms with Crippen LogP contribution in [0, 0.1) is 0 Å². The van der Waals surface area contributed by atoms with Crippen LogP contribution in [-0.2, 0) is 28.2 Å². The summed E-state index contributed by atoms with van der Waals surface area (Å²) in [6.45, 7) is 7.71. The number of nitrogens with zero attached hydrogens (tertiary/aromatic N) is 3. The molecule has 9 nitrogen and oxygen atoms in total. The van der Waals surface area contributed by atoms with Crippen LogP contribution < -0.4 is 10.4 Å². The summed E-state index contributed by atoms with van der Waals surface area (Å²) in [6, 6.07) is 28.6. The number of carbonyl (C=O) groups excluding carboxylic acids is 2. The van der Waals surface area contributed by atoms with E-state index in [1.165, 1.54) is 18.7 Å². The molecule has 3 aromatic rings. The van der Waals surface area contributed by atoms with E-state index in [1.54, 1.807) is 0 Å². The van der Waals surface area contributed by atoms with Gasteiger partial charge in [0, 0.05) is 16.7 Å². The molecular weight excluding hydrogens is 618 g/mol. The van der Waals surface area contributed by atoms with Crippen molar-refractivity contribution < 1.29 is 28.2 Å². The van der Waals surface area contributed by atoms with Crippen molar-refractivity contribution in [3.63, 3.8) is 0 Å². The summed E-state index contributed by atoms with van der Waals surface area (Å²) in [7, 11) is -3.03. The summed E-state index contributed by atoms with van der Waals surface area (Å²) in [4.78, 5) is 28.8. The topological polar surface area (TPSA) is 120 Å². The van der Waals surface area contributed by atoms with Gasteiger partial charge in [0.2, 0.25) is 0 Å². The summed E-state index contributed by atoms with van der Waals surface area (Å²) in [5.74, 6) is -1.80. The van der Waals surface area contributed by atoms with Gasteiger partial charge in [-0.3, -0.25) is 9.59 Å². The molecule has 1 fully saturated rings. The van der Waals surface area contributed by atoms with Crippen molar-refractivity contribution in [3.8, 4) is 0 Å². The lowest BCUT2D eigenvalue weighted by atomic mass is 9.98. The lowest BCUT2D eigenvalue weighted by Gasteiger charge is -2.47. The van der Waals surface area contributed by atoms with E-state index in [1.807, 2.05) is 66.7 Å². The van der Waals surface area contributed by atoms with Crippen LogP contribution in [0.15, 0.2) is 101 Å². The molecule has 1 aliphatic heterocycles. The second-order valence-electron chi connectivity index (χ2n) is 11.3. The lowest BCUT2D eigenvalue weighted by molar-refractivity contribution is -0.205. The zero-order valence-electron chi connectivity index (χ0n) is 25.0. The normalized spacial score (nSPS) is 22.0. The van der Waals surface area contributed by atoms with E-state index >= 15 is 0 Å². The molecule has 0 spiro atoms. The van der Waals surface area contributed by atoms with Crippen molar-refractivity contribution in [1.29, 1.82) is 0 Å². The predicted molar refractivity (Wildman–Crippen MR) is 174 cm³/mol. The van der Waals surface area contributed by atoms with E-state index in [9.17, 15) is 15.1 Å². The maximum absolute atomic E-state index is 12.6. The Morgan fingerprint density at radius 1 is 0.932 bits per heavy atom. The van der Waals surface area contributed by atoms with Crippen LogP contribution in [0.1, 0.15) is 27.7 Å². The first kappa shape index (κ1) is 33.6. The monoisotopic (exact) mass is 653 g/mol. The molecule has 5 atom stereocenters. The summed E-state index contributed by atoms with van der Waals surface area (Å²) < 4.78 is 25.2. The predicted octanol–water partition coefficient (Wildman–Crippen LogP) is 5.84. The molecule has 1 heterocycles. The van der Waals surface area contributed by atoms with Crippen LogP contribution >= 0.6 is 23.4 Å². The van der Waals surface area contributed by atoms with Crippen molar-refractivity contribution in [3.05, 3.63) is 101 Å². The third-order valence-corrected chi connectivity index (χ3v) is 13.7.